The van der Waals surface area contributed by atoms with Crippen molar-refractivity contribution < 1.29 is 27.6 Å². The Kier molecular flexibility index (Phi) is 6.53. The molecule has 0 saturated heterocycles. The summed E-state index contributed by atoms with van der Waals surface area (Å²) < 4.78 is 42.2. The number of amides is 2. The van der Waals surface area contributed by atoms with Gasteiger partial charge in [-0.3, -0.25) is 14.4 Å². The van der Waals surface area contributed by atoms with Crippen LogP contribution in [0.4, 0.5) is 18.9 Å². The number of nitrogens with zero attached hydrogens (tertiary/aromatic N) is 4. The summed E-state index contributed by atoms with van der Waals surface area (Å²) in [4.78, 5) is 38.1. The van der Waals surface area contributed by atoms with Crippen molar-refractivity contribution in [1.29, 1.82) is 5.26 Å². The number of alkyl halides is 2. The van der Waals surface area contributed by atoms with E-state index in [0.717, 1.165) is 25.3 Å². The Morgan fingerprint density at radius 1 is 1.29 bits per heavy atom. The number of aryl methyl sites for hydroxylation is 1. The van der Waals surface area contributed by atoms with Crippen molar-refractivity contribution in [2.45, 2.75) is 25.8 Å². The number of nitrogens with one attached hydrogen (secondary N) is 3. The van der Waals surface area contributed by atoms with E-state index in [0.29, 0.717) is 0 Å². The van der Waals surface area contributed by atoms with E-state index in [1.54, 1.807) is 6.07 Å². The fourth-order valence-electron chi connectivity index (χ4n) is 3.28. The normalized spacial score (nSPS) is 12.6. The van der Waals surface area contributed by atoms with E-state index in [9.17, 15) is 27.6 Å². The average molecular weight is 473 g/mol. The molecule has 13 heteroatoms. The number of Topliss-reactive ketones (excluding diaryl/α,β-unsaturated/α-hetero) is 1. The lowest BCUT2D eigenvalue weighted by molar-refractivity contribution is -0.121. The quantitative estimate of drug-likeness (QED) is 0.354. The molecule has 10 nitrogen and oxygen atoms in total. The zero-order chi connectivity index (χ0) is 25.2. The van der Waals surface area contributed by atoms with E-state index in [4.69, 9.17) is 5.26 Å². The summed E-state index contributed by atoms with van der Waals surface area (Å²) in [6.45, 7) is 2.40. The molecule has 2 heterocycles. The topological polar surface area (TPSA) is 146 Å². The molecule has 3 aromatic rings. The first-order valence-electron chi connectivity index (χ1n) is 9.67. The smallest absolute Gasteiger partial charge is 0.293 e. The van der Waals surface area contributed by atoms with E-state index in [1.807, 2.05) is 5.32 Å². The minimum atomic E-state index is -3.11. The molecule has 0 aliphatic carbocycles. The van der Waals surface area contributed by atoms with Crippen LogP contribution in [0.25, 0.3) is 0 Å². The van der Waals surface area contributed by atoms with E-state index < -0.39 is 35.4 Å². The van der Waals surface area contributed by atoms with Crippen LogP contribution in [0.5, 0.6) is 0 Å². The van der Waals surface area contributed by atoms with E-state index in [-0.39, 0.29) is 33.8 Å². The van der Waals surface area contributed by atoms with Gasteiger partial charge in [0.1, 0.15) is 28.8 Å². The number of carbonyl (C=O) groups is 3. The Morgan fingerprint density at radius 2 is 2.00 bits per heavy atom. The molecular weight excluding hydrogens is 455 g/mol. The SMILES string of the molecule is Cc1c(C(=O)C(=O)N[C@@](C)(c2cn[nH]n2)C(F)F)cn(C)c1C(=O)Nc1ccc(F)c(C#N)c1. The molecule has 0 spiro atoms. The van der Waals surface area contributed by atoms with Gasteiger partial charge in [-0.2, -0.15) is 20.7 Å². The Morgan fingerprint density at radius 3 is 2.59 bits per heavy atom. The molecule has 0 aliphatic heterocycles. The Labute approximate surface area is 190 Å². The van der Waals surface area contributed by atoms with Crippen molar-refractivity contribution in [2.24, 2.45) is 7.05 Å². The van der Waals surface area contributed by atoms with Crippen LogP contribution in [0, 0.1) is 24.1 Å². The number of ketones is 1. The minimum Gasteiger partial charge on any atom is -0.346 e. The summed E-state index contributed by atoms with van der Waals surface area (Å²) in [5, 5.41) is 22.6. The van der Waals surface area contributed by atoms with Crippen LogP contribution in [-0.4, -0.2) is 44.0 Å². The Bertz CT molecular complexity index is 1310. The molecule has 176 valence electrons. The lowest BCUT2D eigenvalue weighted by atomic mass is 9.98. The summed E-state index contributed by atoms with van der Waals surface area (Å²) in [6, 6.07) is 5.06. The first-order valence-corrected chi connectivity index (χ1v) is 9.67. The molecule has 2 aromatic heterocycles. The van der Waals surface area contributed by atoms with Gasteiger partial charge in [0, 0.05) is 24.5 Å². The molecular formula is C21H18F3N7O3. The van der Waals surface area contributed by atoms with Gasteiger partial charge < -0.3 is 15.2 Å². The number of aromatic amines is 1. The van der Waals surface area contributed by atoms with E-state index in [1.165, 1.54) is 30.8 Å². The fraction of sp³-hybridized carbons (Fsp3) is 0.238. The largest absolute Gasteiger partial charge is 0.346 e. The van der Waals surface area contributed by atoms with Crippen molar-refractivity contribution in [2.75, 3.05) is 5.32 Å². The summed E-state index contributed by atoms with van der Waals surface area (Å²) in [5.41, 5.74) is -2.78. The molecule has 0 aliphatic rings. The predicted molar refractivity (Wildman–Crippen MR) is 111 cm³/mol. The Balaban J connectivity index is 1.85. The number of hydrogen-bond acceptors (Lipinski definition) is 6. The van der Waals surface area contributed by atoms with Gasteiger partial charge in [-0.15, -0.1) is 0 Å². The molecule has 34 heavy (non-hydrogen) atoms. The van der Waals surface area contributed by atoms with Crippen molar-refractivity contribution in [3.8, 4) is 6.07 Å². The standard InChI is InChI=1S/C21H18F3N7O3/c1-10-13(17(32)19(34)28-21(2,20(23)24)15-8-26-30-29-15)9-31(3)16(10)18(33)27-12-4-5-14(22)11(6-12)7-25/h4-6,8-9,20H,1-3H3,(H,27,33)(H,28,34)(H,26,29,30)/t21-/m0/s1. The van der Waals surface area contributed by atoms with Crippen LogP contribution < -0.4 is 10.6 Å². The van der Waals surface area contributed by atoms with E-state index in [2.05, 4.69) is 20.7 Å². The number of H-pyrrole nitrogens is 1. The predicted octanol–water partition coefficient (Wildman–Crippen LogP) is 2.19. The maximum absolute atomic E-state index is 13.7. The molecule has 1 aromatic carbocycles. The summed E-state index contributed by atoms with van der Waals surface area (Å²) in [5.74, 6) is -3.93. The number of aromatic nitrogens is 4. The van der Waals surface area contributed by atoms with Gasteiger partial charge in [-0.25, -0.2) is 13.2 Å². The molecule has 1 atom stereocenters. The molecule has 0 saturated carbocycles. The van der Waals surface area contributed by atoms with Gasteiger partial charge >= 0.3 is 0 Å². The van der Waals surface area contributed by atoms with Crippen molar-refractivity contribution in [3.63, 3.8) is 0 Å². The van der Waals surface area contributed by atoms with Crippen LogP contribution >= 0.6 is 0 Å². The first kappa shape index (κ1) is 24.2. The molecule has 0 fully saturated rings. The maximum atomic E-state index is 13.7. The van der Waals surface area contributed by atoms with Crippen LogP contribution in [0.15, 0.2) is 30.6 Å². The highest BCUT2D eigenvalue weighted by Crippen LogP contribution is 2.26. The second kappa shape index (κ2) is 9.18. The molecule has 3 N–H and O–H groups in total. The van der Waals surface area contributed by atoms with Gasteiger partial charge in [0.05, 0.1) is 11.8 Å². The second-order valence-corrected chi connectivity index (χ2v) is 7.53. The number of rotatable bonds is 7. The Hall–Kier alpha value is -4.47. The minimum absolute atomic E-state index is 0.00731. The third-order valence-electron chi connectivity index (χ3n) is 5.20. The van der Waals surface area contributed by atoms with Gasteiger partial charge in [-0.05, 0) is 37.6 Å². The monoisotopic (exact) mass is 473 g/mol. The van der Waals surface area contributed by atoms with Gasteiger partial charge in [0.2, 0.25) is 0 Å². The number of benzene rings is 1. The van der Waals surface area contributed by atoms with Crippen LogP contribution in [-0.2, 0) is 17.4 Å². The van der Waals surface area contributed by atoms with Crippen LogP contribution in [0.3, 0.4) is 0 Å². The highest BCUT2D eigenvalue weighted by atomic mass is 19.3. The summed E-state index contributed by atoms with van der Waals surface area (Å²) in [6.07, 6.45) is -0.894. The highest BCUT2D eigenvalue weighted by Gasteiger charge is 2.42. The number of carbonyl (C=O) groups excluding carboxylic acids is 3. The number of anilines is 1. The third kappa shape index (κ3) is 4.38. The second-order valence-electron chi connectivity index (χ2n) is 7.53. The van der Waals surface area contributed by atoms with Crippen molar-refractivity contribution >= 4 is 23.3 Å². The highest BCUT2D eigenvalue weighted by molar-refractivity contribution is 6.43. The lowest BCUT2D eigenvalue weighted by Crippen LogP contribution is -2.51. The average Bonchev–Trinajstić information content (AvgIpc) is 3.42. The third-order valence-corrected chi connectivity index (χ3v) is 5.20. The van der Waals surface area contributed by atoms with Crippen molar-refractivity contribution in [1.82, 2.24) is 25.3 Å². The molecule has 2 amide bonds. The van der Waals surface area contributed by atoms with E-state index >= 15 is 0 Å². The van der Waals surface area contributed by atoms with Crippen LogP contribution in [0.1, 0.15) is 44.6 Å². The fourth-order valence-corrected chi connectivity index (χ4v) is 3.28. The summed E-state index contributed by atoms with van der Waals surface area (Å²) in [7, 11) is 1.45. The van der Waals surface area contributed by atoms with Gasteiger partial charge in [0.25, 0.3) is 24.0 Å². The molecule has 0 unspecified atom stereocenters. The zero-order valence-corrected chi connectivity index (χ0v) is 18.1. The van der Waals surface area contributed by atoms with Crippen LogP contribution in [0.2, 0.25) is 0 Å². The number of nitriles is 1. The molecule has 0 radical (unpaired) electrons. The number of hydrogen-bond donors (Lipinski definition) is 3. The molecule has 0 bridgehead atoms. The zero-order valence-electron chi connectivity index (χ0n) is 18.1. The van der Waals surface area contributed by atoms with Crippen molar-refractivity contribution in [3.05, 3.63) is 64.5 Å². The summed E-state index contributed by atoms with van der Waals surface area (Å²) >= 11 is 0. The first-order chi connectivity index (χ1) is 16.0. The van der Waals surface area contributed by atoms with Gasteiger partial charge in [0.15, 0.2) is 0 Å². The molecule has 3 rings (SSSR count). The van der Waals surface area contributed by atoms with Gasteiger partial charge in [-0.1, -0.05) is 0 Å². The maximum Gasteiger partial charge on any atom is 0.293 e. The number of halogens is 3. The lowest BCUT2D eigenvalue weighted by Gasteiger charge is -2.27.